The maximum Gasteiger partial charge on any atom is 0.267 e. The zero-order chi connectivity index (χ0) is 21.0. The minimum atomic E-state index is -0.303. The molecule has 0 bridgehead atoms. The molecule has 0 aliphatic carbocycles. The second-order valence-corrected chi connectivity index (χ2v) is 8.53. The van der Waals surface area contributed by atoms with Gasteiger partial charge in [0, 0.05) is 16.4 Å². The summed E-state index contributed by atoms with van der Waals surface area (Å²) >= 11 is 10.5. The fourth-order valence-electron chi connectivity index (χ4n) is 2.50. The number of carbonyl (C=O) groups is 2. The van der Waals surface area contributed by atoms with Gasteiger partial charge in [-0.25, -0.2) is 4.98 Å². The van der Waals surface area contributed by atoms with E-state index in [1.54, 1.807) is 49.4 Å². The number of carbonyl (C=O) groups excluding carboxylic acids is 2. The van der Waals surface area contributed by atoms with Gasteiger partial charge in [-0.2, -0.15) is 0 Å². The zero-order valence-corrected chi connectivity index (χ0v) is 18.7. The van der Waals surface area contributed by atoms with E-state index in [1.165, 1.54) is 18.3 Å². The quantitative estimate of drug-likeness (QED) is 0.463. The fourth-order valence-corrected chi connectivity index (χ4v) is 3.86. The van der Waals surface area contributed by atoms with Crippen molar-refractivity contribution in [3.63, 3.8) is 0 Å². The van der Waals surface area contributed by atoms with E-state index in [1.807, 2.05) is 0 Å². The minimum absolute atomic E-state index is 0.224. The second kappa shape index (κ2) is 9.39. The third-order valence-electron chi connectivity index (χ3n) is 3.76. The van der Waals surface area contributed by atoms with Gasteiger partial charge < -0.3 is 15.4 Å². The van der Waals surface area contributed by atoms with Crippen LogP contribution in [0, 0.1) is 6.92 Å². The lowest BCUT2D eigenvalue weighted by Crippen LogP contribution is -2.15. The Kier molecular flexibility index (Phi) is 6.89. The number of aromatic nitrogens is 1. The number of hydrogen-bond donors (Lipinski definition) is 2. The van der Waals surface area contributed by atoms with Crippen molar-refractivity contribution in [3.05, 3.63) is 67.5 Å². The third-order valence-corrected chi connectivity index (χ3v) is 5.64. The molecular weight excluding hydrogens is 478 g/mol. The molecular formula is C20H17BrClN3O3S. The van der Waals surface area contributed by atoms with Crippen LogP contribution in [-0.4, -0.2) is 16.8 Å². The number of aryl methyl sites for hydroxylation is 1. The molecule has 2 N–H and O–H groups in total. The first kappa shape index (κ1) is 21.3. The van der Waals surface area contributed by atoms with Gasteiger partial charge in [-0.15, -0.1) is 11.3 Å². The van der Waals surface area contributed by atoms with Crippen molar-refractivity contribution < 1.29 is 14.3 Å². The fraction of sp³-hybridized carbons (Fsp3) is 0.150. The Balaban J connectivity index is 1.72. The van der Waals surface area contributed by atoms with Crippen LogP contribution in [0.15, 0.2) is 46.9 Å². The Morgan fingerprint density at radius 1 is 1.14 bits per heavy atom. The van der Waals surface area contributed by atoms with Crippen molar-refractivity contribution >= 4 is 62.1 Å². The van der Waals surface area contributed by atoms with Crippen molar-refractivity contribution in [1.29, 1.82) is 0 Å². The highest BCUT2D eigenvalue weighted by Crippen LogP contribution is 2.28. The normalized spacial score (nSPS) is 10.5. The predicted octanol–water partition coefficient (Wildman–Crippen LogP) is 5.66. The lowest BCUT2D eigenvalue weighted by atomic mass is 10.2. The van der Waals surface area contributed by atoms with E-state index in [2.05, 4.69) is 31.5 Å². The van der Waals surface area contributed by atoms with Gasteiger partial charge in [-0.05, 0) is 49.4 Å². The molecule has 2 aromatic carbocycles. The molecule has 1 aromatic heterocycles. The molecule has 0 aliphatic rings. The van der Waals surface area contributed by atoms with Crippen molar-refractivity contribution in [1.82, 2.24) is 4.98 Å². The highest BCUT2D eigenvalue weighted by Gasteiger charge is 2.17. The van der Waals surface area contributed by atoms with Crippen LogP contribution in [0.25, 0.3) is 0 Å². The molecule has 3 rings (SSSR count). The van der Waals surface area contributed by atoms with Gasteiger partial charge in [-0.1, -0.05) is 27.5 Å². The molecule has 0 saturated carbocycles. The van der Waals surface area contributed by atoms with Gasteiger partial charge in [-0.3, -0.25) is 9.59 Å². The van der Waals surface area contributed by atoms with Crippen molar-refractivity contribution in [2.24, 2.45) is 0 Å². The van der Waals surface area contributed by atoms with E-state index in [0.717, 1.165) is 4.47 Å². The van der Waals surface area contributed by atoms with E-state index < -0.39 is 0 Å². The summed E-state index contributed by atoms with van der Waals surface area (Å²) in [5.41, 5.74) is 1.62. The number of halogens is 2. The number of rotatable bonds is 6. The van der Waals surface area contributed by atoms with E-state index in [0.29, 0.717) is 37.7 Å². The van der Waals surface area contributed by atoms with Gasteiger partial charge in [0.05, 0.1) is 17.1 Å². The monoisotopic (exact) mass is 493 g/mol. The molecule has 9 heteroatoms. The molecule has 1 heterocycles. The number of thiazole rings is 1. The first-order valence-electron chi connectivity index (χ1n) is 8.55. The minimum Gasteiger partial charge on any atom is -0.486 e. The average Bonchev–Trinajstić information content (AvgIpc) is 3.04. The van der Waals surface area contributed by atoms with Gasteiger partial charge >= 0.3 is 0 Å². The predicted molar refractivity (Wildman–Crippen MR) is 119 cm³/mol. The number of amides is 2. The van der Waals surface area contributed by atoms with Crippen LogP contribution in [0.3, 0.4) is 0 Å². The van der Waals surface area contributed by atoms with Crippen LogP contribution in [-0.2, 0) is 11.4 Å². The third kappa shape index (κ3) is 5.79. The molecule has 3 aromatic rings. The molecule has 2 amide bonds. The van der Waals surface area contributed by atoms with Crippen molar-refractivity contribution in [3.8, 4) is 5.75 Å². The van der Waals surface area contributed by atoms with Gasteiger partial charge in [0.2, 0.25) is 5.91 Å². The summed E-state index contributed by atoms with van der Waals surface area (Å²) in [4.78, 5) is 29.1. The van der Waals surface area contributed by atoms with Crippen LogP contribution < -0.4 is 15.4 Å². The van der Waals surface area contributed by atoms with Crippen LogP contribution in [0.1, 0.15) is 27.3 Å². The molecule has 6 nitrogen and oxygen atoms in total. The van der Waals surface area contributed by atoms with E-state index in [9.17, 15) is 9.59 Å². The molecule has 0 radical (unpaired) electrons. The molecule has 0 atom stereocenters. The smallest absolute Gasteiger partial charge is 0.267 e. The van der Waals surface area contributed by atoms with Crippen molar-refractivity contribution in [2.45, 2.75) is 20.5 Å². The number of anilines is 2. The Bertz CT molecular complexity index is 1050. The Morgan fingerprint density at radius 2 is 1.86 bits per heavy atom. The van der Waals surface area contributed by atoms with Crippen molar-refractivity contribution in [2.75, 3.05) is 10.6 Å². The summed E-state index contributed by atoms with van der Waals surface area (Å²) in [6.07, 6.45) is 0. The Morgan fingerprint density at radius 3 is 2.55 bits per heavy atom. The maximum absolute atomic E-state index is 12.8. The maximum atomic E-state index is 12.8. The summed E-state index contributed by atoms with van der Waals surface area (Å²) in [6.45, 7) is 3.43. The lowest BCUT2D eigenvalue weighted by molar-refractivity contribution is -0.114. The summed E-state index contributed by atoms with van der Waals surface area (Å²) in [7, 11) is 0. The molecule has 29 heavy (non-hydrogen) atoms. The summed E-state index contributed by atoms with van der Waals surface area (Å²) in [6, 6.07) is 12.3. The zero-order valence-electron chi connectivity index (χ0n) is 15.6. The number of ether oxygens (including phenoxy) is 1. The molecule has 0 aliphatic heterocycles. The average molecular weight is 495 g/mol. The number of nitrogens with one attached hydrogen (secondary N) is 2. The molecule has 0 spiro atoms. The first-order valence-corrected chi connectivity index (χ1v) is 10.5. The molecule has 150 valence electrons. The van der Waals surface area contributed by atoms with E-state index in [4.69, 9.17) is 16.3 Å². The van der Waals surface area contributed by atoms with Gasteiger partial charge in [0.15, 0.2) is 0 Å². The number of benzene rings is 2. The van der Waals surface area contributed by atoms with Crippen LogP contribution in [0.5, 0.6) is 5.75 Å². The second-order valence-electron chi connectivity index (χ2n) is 6.09. The molecule has 0 fully saturated rings. The van der Waals surface area contributed by atoms with Gasteiger partial charge in [0.1, 0.15) is 22.2 Å². The topological polar surface area (TPSA) is 80.3 Å². The van der Waals surface area contributed by atoms with E-state index >= 15 is 0 Å². The van der Waals surface area contributed by atoms with Crippen LogP contribution in [0.4, 0.5) is 11.4 Å². The standard InChI is InChI=1S/C20H17BrClN3O3S/c1-11-19(29-18(23-11)10-28-15-6-4-14(22)5-7-15)20(27)25-17-9-13(21)3-8-16(17)24-12(2)26/h3-9H,10H2,1-2H3,(H,24,26)(H,25,27). The van der Waals surface area contributed by atoms with Crippen LogP contribution >= 0.6 is 38.9 Å². The first-order chi connectivity index (χ1) is 13.8. The molecule has 0 saturated heterocycles. The van der Waals surface area contributed by atoms with E-state index in [-0.39, 0.29) is 18.4 Å². The molecule has 0 unspecified atom stereocenters. The highest BCUT2D eigenvalue weighted by molar-refractivity contribution is 9.10. The number of nitrogens with zero attached hydrogens (tertiary/aromatic N) is 1. The highest BCUT2D eigenvalue weighted by atomic mass is 79.9. The lowest BCUT2D eigenvalue weighted by Gasteiger charge is -2.11. The summed E-state index contributed by atoms with van der Waals surface area (Å²) in [5, 5.41) is 6.85. The summed E-state index contributed by atoms with van der Waals surface area (Å²) in [5.74, 6) is 0.142. The summed E-state index contributed by atoms with van der Waals surface area (Å²) < 4.78 is 6.47. The Labute approximate surface area is 185 Å². The van der Waals surface area contributed by atoms with Gasteiger partial charge in [0.25, 0.3) is 5.91 Å². The number of hydrogen-bond acceptors (Lipinski definition) is 5. The van der Waals surface area contributed by atoms with Crippen LogP contribution in [0.2, 0.25) is 5.02 Å². The SMILES string of the molecule is CC(=O)Nc1ccc(Br)cc1NC(=O)c1sc(COc2ccc(Cl)cc2)nc1C. The largest absolute Gasteiger partial charge is 0.486 e. The Hall–Kier alpha value is -2.42.